The van der Waals surface area contributed by atoms with E-state index in [4.69, 9.17) is 0 Å². The normalized spacial score (nSPS) is 9.00. The van der Waals surface area contributed by atoms with Gasteiger partial charge in [-0.15, -0.1) is 0 Å². The first-order valence-corrected chi connectivity index (χ1v) is 10.7. The van der Waals surface area contributed by atoms with Crippen LogP contribution in [0, 0.1) is 6.92 Å². The summed E-state index contributed by atoms with van der Waals surface area (Å²) in [7, 11) is 0. The number of fused-ring (bicyclic) bond motifs is 3. The molecule has 0 saturated heterocycles. The number of thiol groups is 1. The highest BCUT2D eigenvalue weighted by Gasteiger charge is 2.08. The van der Waals surface area contributed by atoms with Crippen LogP contribution in [0.4, 0.5) is 0 Å². The zero-order valence-electron chi connectivity index (χ0n) is 18.2. The molecule has 3 rings (SSSR count). The summed E-state index contributed by atoms with van der Waals surface area (Å²) >= 11 is 3.53. The van der Waals surface area contributed by atoms with Crippen LogP contribution in [0.25, 0.3) is 27.6 Å². The number of hydrogen-bond donors (Lipinski definition) is 1. The zero-order chi connectivity index (χ0) is 20.5. The minimum Gasteiger partial charge on any atom is -0.183 e. The van der Waals surface area contributed by atoms with Crippen LogP contribution in [0.5, 0.6) is 0 Å². The van der Waals surface area contributed by atoms with Gasteiger partial charge in [-0.1, -0.05) is 102 Å². The molecular formula is C25H38S. The SMILES string of the molecule is C/C=C\c1c(C)c2ccccc2c2ccccc12.CC.CC.CC.CS. The van der Waals surface area contributed by atoms with E-state index in [-0.39, 0.29) is 0 Å². The number of aryl methyl sites for hydroxylation is 1. The first-order chi connectivity index (χ1) is 12.8. The Labute approximate surface area is 167 Å². The molecule has 0 heterocycles. The second-order valence-electron chi connectivity index (χ2n) is 4.63. The van der Waals surface area contributed by atoms with Gasteiger partial charge in [0.25, 0.3) is 0 Å². The van der Waals surface area contributed by atoms with Gasteiger partial charge < -0.3 is 0 Å². The van der Waals surface area contributed by atoms with Crippen LogP contribution in [0.3, 0.4) is 0 Å². The van der Waals surface area contributed by atoms with Crippen molar-refractivity contribution in [3.05, 3.63) is 65.7 Å². The summed E-state index contributed by atoms with van der Waals surface area (Å²) in [5.74, 6) is 0. The van der Waals surface area contributed by atoms with E-state index in [9.17, 15) is 0 Å². The van der Waals surface area contributed by atoms with Crippen molar-refractivity contribution in [2.45, 2.75) is 55.4 Å². The molecular weight excluding hydrogens is 332 g/mol. The maximum atomic E-state index is 3.53. The second kappa shape index (κ2) is 16.7. The van der Waals surface area contributed by atoms with Crippen molar-refractivity contribution in [2.24, 2.45) is 0 Å². The van der Waals surface area contributed by atoms with E-state index in [1.54, 1.807) is 6.26 Å². The summed E-state index contributed by atoms with van der Waals surface area (Å²) in [5, 5.41) is 5.38. The molecule has 0 bridgehead atoms. The molecule has 3 aromatic rings. The average Bonchev–Trinajstić information content (AvgIpc) is 2.77. The van der Waals surface area contributed by atoms with Gasteiger partial charge in [0, 0.05) is 0 Å². The molecule has 0 N–H and O–H groups in total. The lowest BCUT2D eigenvalue weighted by molar-refractivity contribution is 1.50. The Bertz CT molecular complexity index is 755. The van der Waals surface area contributed by atoms with Crippen molar-refractivity contribution in [1.82, 2.24) is 0 Å². The molecule has 0 unspecified atom stereocenters. The third-order valence-electron chi connectivity index (χ3n) is 3.58. The van der Waals surface area contributed by atoms with E-state index < -0.39 is 0 Å². The second-order valence-corrected chi connectivity index (χ2v) is 4.63. The number of benzene rings is 3. The first kappa shape index (κ1) is 26.5. The molecule has 0 spiro atoms. The van der Waals surface area contributed by atoms with Crippen LogP contribution in [0.1, 0.15) is 59.6 Å². The Morgan fingerprint density at radius 3 is 1.38 bits per heavy atom. The fraction of sp³-hybridized carbons (Fsp3) is 0.360. The average molecular weight is 371 g/mol. The van der Waals surface area contributed by atoms with Crippen molar-refractivity contribution in [2.75, 3.05) is 6.26 Å². The Hall–Kier alpha value is -1.73. The monoisotopic (exact) mass is 370 g/mol. The highest BCUT2D eigenvalue weighted by atomic mass is 32.1. The fourth-order valence-electron chi connectivity index (χ4n) is 2.73. The quantitative estimate of drug-likeness (QED) is 0.320. The molecule has 0 aliphatic heterocycles. The number of hydrogen-bond acceptors (Lipinski definition) is 1. The number of rotatable bonds is 1. The van der Waals surface area contributed by atoms with Crippen molar-refractivity contribution in [3.8, 4) is 0 Å². The zero-order valence-corrected chi connectivity index (χ0v) is 19.1. The molecule has 3 aromatic carbocycles. The van der Waals surface area contributed by atoms with Crippen molar-refractivity contribution < 1.29 is 0 Å². The fourth-order valence-corrected chi connectivity index (χ4v) is 2.73. The largest absolute Gasteiger partial charge is 0.183 e. The van der Waals surface area contributed by atoms with E-state index in [1.807, 2.05) is 41.5 Å². The molecule has 0 fully saturated rings. The van der Waals surface area contributed by atoms with Gasteiger partial charge in [0.15, 0.2) is 0 Å². The van der Waals surface area contributed by atoms with Gasteiger partial charge in [-0.25, -0.2) is 0 Å². The Kier molecular flexibility index (Phi) is 17.0. The molecule has 1 heteroatoms. The third-order valence-corrected chi connectivity index (χ3v) is 3.58. The van der Waals surface area contributed by atoms with Gasteiger partial charge in [-0.05, 0) is 52.8 Å². The predicted molar refractivity (Wildman–Crippen MR) is 130 cm³/mol. The molecule has 0 atom stereocenters. The molecule has 0 aromatic heterocycles. The Morgan fingerprint density at radius 1 is 0.615 bits per heavy atom. The summed E-state index contributed by atoms with van der Waals surface area (Å²) in [6, 6.07) is 17.3. The lowest BCUT2D eigenvalue weighted by atomic mass is 9.92. The maximum Gasteiger partial charge on any atom is -0.00992 e. The topological polar surface area (TPSA) is 0 Å². The molecule has 26 heavy (non-hydrogen) atoms. The van der Waals surface area contributed by atoms with Gasteiger partial charge in [0.05, 0.1) is 0 Å². The molecule has 0 nitrogen and oxygen atoms in total. The molecule has 0 radical (unpaired) electrons. The van der Waals surface area contributed by atoms with Crippen molar-refractivity contribution in [1.29, 1.82) is 0 Å². The summed E-state index contributed by atoms with van der Waals surface area (Å²) in [4.78, 5) is 0. The highest BCUT2D eigenvalue weighted by molar-refractivity contribution is 7.79. The van der Waals surface area contributed by atoms with Gasteiger partial charge >= 0.3 is 0 Å². The molecule has 0 saturated carbocycles. The van der Waals surface area contributed by atoms with Gasteiger partial charge in [0.2, 0.25) is 0 Å². The summed E-state index contributed by atoms with van der Waals surface area (Å²) < 4.78 is 0. The van der Waals surface area contributed by atoms with Crippen LogP contribution >= 0.6 is 12.6 Å². The Balaban J connectivity index is 0. The van der Waals surface area contributed by atoms with Crippen molar-refractivity contribution in [3.63, 3.8) is 0 Å². The lowest BCUT2D eigenvalue weighted by Gasteiger charge is -2.12. The molecule has 0 aliphatic carbocycles. The summed E-state index contributed by atoms with van der Waals surface area (Å²) in [6.07, 6.45) is 6.02. The third kappa shape index (κ3) is 6.53. The van der Waals surface area contributed by atoms with Crippen LogP contribution in [0.2, 0.25) is 0 Å². The van der Waals surface area contributed by atoms with Crippen LogP contribution in [-0.2, 0) is 0 Å². The standard InChI is InChI=1S/C18H16.3C2H6.CH4S/c1-3-8-14-13(2)15-9-4-5-11-17(15)18-12-7-6-10-16(14)18;4*1-2/h3-12H,1-2H3;3*1-2H3;2H,1H3/b8-3-;;;;. The van der Waals surface area contributed by atoms with E-state index in [0.29, 0.717) is 0 Å². The maximum absolute atomic E-state index is 3.53. The number of allylic oxidation sites excluding steroid dienone is 1. The van der Waals surface area contributed by atoms with E-state index >= 15 is 0 Å². The molecule has 0 amide bonds. The first-order valence-electron chi connectivity index (χ1n) is 9.80. The van der Waals surface area contributed by atoms with Crippen LogP contribution < -0.4 is 0 Å². The van der Waals surface area contributed by atoms with E-state index in [2.05, 4.69) is 87.2 Å². The molecule has 144 valence electrons. The Morgan fingerprint density at radius 2 is 0.962 bits per heavy atom. The lowest BCUT2D eigenvalue weighted by Crippen LogP contribution is -1.88. The highest BCUT2D eigenvalue weighted by Crippen LogP contribution is 2.32. The molecule has 0 aliphatic rings. The van der Waals surface area contributed by atoms with Crippen LogP contribution in [0.15, 0.2) is 54.6 Å². The smallest absolute Gasteiger partial charge is 0.00992 e. The summed E-state index contributed by atoms with van der Waals surface area (Å²) in [6.45, 7) is 16.3. The van der Waals surface area contributed by atoms with Crippen LogP contribution in [-0.4, -0.2) is 6.26 Å². The predicted octanol–water partition coefficient (Wildman–Crippen LogP) is 8.96. The van der Waals surface area contributed by atoms with Gasteiger partial charge in [-0.3, -0.25) is 0 Å². The van der Waals surface area contributed by atoms with Crippen molar-refractivity contribution >= 4 is 40.2 Å². The minimum atomic E-state index is 1.34. The van der Waals surface area contributed by atoms with E-state index in [1.165, 1.54) is 32.7 Å². The minimum absolute atomic E-state index is 1.34. The summed E-state index contributed by atoms with van der Waals surface area (Å²) in [5.41, 5.74) is 2.70. The van der Waals surface area contributed by atoms with E-state index in [0.717, 1.165) is 0 Å². The van der Waals surface area contributed by atoms with Gasteiger partial charge in [-0.2, -0.15) is 12.6 Å². The van der Waals surface area contributed by atoms with Gasteiger partial charge in [0.1, 0.15) is 0 Å².